The van der Waals surface area contributed by atoms with E-state index in [1.807, 2.05) is 0 Å². The number of nitrogens with zero attached hydrogens (tertiary/aromatic N) is 2. The molecule has 2 aliphatic rings. The van der Waals surface area contributed by atoms with Crippen LogP contribution in [0.15, 0.2) is 58.7 Å². The molecule has 8 heteroatoms. The number of amides is 1. The number of hydrogen-bond donors (Lipinski definition) is 2. The fourth-order valence-corrected chi connectivity index (χ4v) is 3.95. The molecule has 1 unspecified atom stereocenters. The second kappa shape index (κ2) is 8.59. The fraction of sp³-hybridized carbons (Fsp3) is 0.381. The minimum Gasteiger partial charge on any atom is -0.503 e. The zero-order valence-electron chi connectivity index (χ0n) is 16.0. The Labute approximate surface area is 168 Å². The average molecular weight is 398 g/mol. The van der Waals surface area contributed by atoms with E-state index in [2.05, 4.69) is 4.98 Å². The van der Waals surface area contributed by atoms with Crippen LogP contribution in [-0.4, -0.2) is 66.1 Å². The standard InChI is InChI=1S/C21H23N3O5/c25-19(16-5-2-11-29-16)17-18(15-4-1-6-22-14-15)24(21(27)20(17)26)8-3-7-23-9-12-28-13-10-23/h1-2,4-6,11,14,18,26H,3,7-10,12-13H2/p+1. The van der Waals surface area contributed by atoms with E-state index in [1.54, 1.807) is 35.5 Å². The van der Waals surface area contributed by atoms with Crippen LogP contribution in [-0.2, 0) is 9.53 Å². The van der Waals surface area contributed by atoms with Crippen molar-refractivity contribution in [1.29, 1.82) is 0 Å². The summed E-state index contributed by atoms with van der Waals surface area (Å²) in [6.45, 7) is 4.73. The Morgan fingerprint density at radius 1 is 1.28 bits per heavy atom. The Kier molecular flexibility index (Phi) is 5.73. The second-order valence-electron chi connectivity index (χ2n) is 7.22. The van der Waals surface area contributed by atoms with Gasteiger partial charge in [-0.05, 0) is 23.8 Å². The summed E-state index contributed by atoms with van der Waals surface area (Å²) in [6.07, 6.45) is 5.40. The summed E-state index contributed by atoms with van der Waals surface area (Å²) in [4.78, 5) is 33.0. The zero-order valence-corrected chi connectivity index (χ0v) is 16.0. The highest BCUT2D eigenvalue weighted by Crippen LogP contribution is 2.38. The fourth-order valence-electron chi connectivity index (χ4n) is 3.95. The summed E-state index contributed by atoms with van der Waals surface area (Å²) in [7, 11) is 0. The molecule has 29 heavy (non-hydrogen) atoms. The minimum atomic E-state index is -0.687. The van der Waals surface area contributed by atoms with E-state index in [9.17, 15) is 14.7 Å². The SMILES string of the molecule is O=C(C1=C(O)C(=O)N(CCC[NH+]2CCOCC2)C1c1cccnc1)c1ccco1. The van der Waals surface area contributed by atoms with Crippen LogP contribution in [0.25, 0.3) is 0 Å². The van der Waals surface area contributed by atoms with Crippen LogP contribution in [0, 0.1) is 0 Å². The van der Waals surface area contributed by atoms with Crippen molar-refractivity contribution < 1.29 is 28.7 Å². The van der Waals surface area contributed by atoms with E-state index in [4.69, 9.17) is 9.15 Å². The van der Waals surface area contributed by atoms with Gasteiger partial charge in [-0.25, -0.2) is 0 Å². The number of hydrogen-bond acceptors (Lipinski definition) is 6. The Morgan fingerprint density at radius 3 is 2.79 bits per heavy atom. The molecule has 2 aromatic heterocycles. The Bertz CT molecular complexity index is 888. The van der Waals surface area contributed by atoms with Gasteiger partial charge in [0, 0.05) is 25.4 Å². The van der Waals surface area contributed by atoms with Gasteiger partial charge in [-0.15, -0.1) is 0 Å². The smallest absolute Gasteiger partial charge is 0.290 e. The number of furan rings is 1. The number of morpholine rings is 1. The maximum atomic E-state index is 13.0. The number of carbonyl (C=O) groups is 2. The Morgan fingerprint density at radius 2 is 2.10 bits per heavy atom. The zero-order chi connectivity index (χ0) is 20.2. The van der Waals surface area contributed by atoms with Crippen LogP contribution in [0.2, 0.25) is 0 Å². The van der Waals surface area contributed by atoms with Crippen LogP contribution in [0.3, 0.4) is 0 Å². The molecule has 1 saturated heterocycles. The predicted octanol–water partition coefficient (Wildman–Crippen LogP) is 0.558. The van der Waals surface area contributed by atoms with E-state index in [0.29, 0.717) is 12.1 Å². The molecule has 2 aliphatic heterocycles. The third kappa shape index (κ3) is 3.94. The van der Waals surface area contributed by atoms with E-state index in [-0.39, 0.29) is 11.3 Å². The molecule has 4 heterocycles. The van der Waals surface area contributed by atoms with Crippen LogP contribution < -0.4 is 4.90 Å². The number of Topliss-reactive ketones (excluding diaryl/α,β-unsaturated/α-hetero) is 1. The Hall–Kier alpha value is -2.97. The van der Waals surface area contributed by atoms with Crippen molar-refractivity contribution in [1.82, 2.24) is 9.88 Å². The van der Waals surface area contributed by atoms with Gasteiger partial charge in [0.1, 0.15) is 13.1 Å². The Balaban J connectivity index is 1.57. The number of quaternary nitrogens is 1. The van der Waals surface area contributed by atoms with Crippen molar-refractivity contribution in [3.63, 3.8) is 0 Å². The van der Waals surface area contributed by atoms with Gasteiger partial charge < -0.3 is 24.1 Å². The molecule has 1 atom stereocenters. The summed E-state index contributed by atoms with van der Waals surface area (Å²) < 4.78 is 10.6. The van der Waals surface area contributed by atoms with Gasteiger partial charge >= 0.3 is 0 Å². The number of aromatic nitrogens is 1. The monoisotopic (exact) mass is 398 g/mol. The first-order valence-electron chi connectivity index (χ1n) is 9.80. The van der Waals surface area contributed by atoms with Crippen LogP contribution >= 0.6 is 0 Å². The molecule has 2 N–H and O–H groups in total. The number of aliphatic hydroxyl groups excluding tert-OH is 1. The number of aliphatic hydroxyl groups is 1. The molecule has 4 rings (SSSR count). The number of ether oxygens (including phenoxy) is 1. The maximum absolute atomic E-state index is 13.0. The lowest BCUT2D eigenvalue weighted by molar-refractivity contribution is -0.908. The highest BCUT2D eigenvalue weighted by atomic mass is 16.5. The molecule has 0 bridgehead atoms. The lowest BCUT2D eigenvalue weighted by atomic mass is 9.96. The van der Waals surface area contributed by atoms with Crippen molar-refractivity contribution in [3.8, 4) is 0 Å². The molecule has 0 spiro atoms. The summed E-state index contributed by atoms with van der Waals surface area (Å²) in [5, 5.41) is 10.6. The van der Waals surface area contributed by atoms with Crippen molar-refractivity contribution in [3.05, 3.63) is 65.6 Å². The highest BCUT2D eigenvalue weighted by molar-refractivity contribution is 6.14. The third-order valence-corrected chi connectivity index (χ3v) is 5.42. The lowest BCUT2D eigenvalue weighted by Gasteiger charge is -2.28. The topological polar surface area (TPSA) is 97.3 Å². The molecule has 0 aliphatic carbocycles. The maximum Gasteiger partial charge on any atom is 0.290 e. The first-order valence-corrected chi connectivity index (χ1v) is 9.80. The van der Waals surface area contributed by atoms with Crippen LogP contribution in [0.1, 0.15) is 28.6 Å². The molecule has 1 fully saturated rings. The van der Waals surface area contributed by atoms with E-state index in [0.717, 1.165) is 39.3 Å². The molecule has 152 valence electrons. The molecular weight excluding hydrogens is 374 g/mol. The van der Waals surface area contributed by atoms with Crippen LogP contribution in [0.4, 0.5) is 0 Å². The van der Waals surface area contributed by atoms with Gasteiger partial charge in [0.05, 0.1) is 37.6 Å². The largest absolute Gasteiger partial charge is 0.503 e. The molecule has 0 aromatic carbocycles. The van der Waals surface area contributed by atoms with Gasteiger partial charge in [-0.3, -0.25) is 14.6 Å². The number of ketones is 1. The summed E-state index contributed by atoms with van der Waals surface area (Å²) >= 11 is 0. The summed E-state index contributed by atoms with van der Waals surface area (Å²) in [5.41, 5.74) is 0.718. The molecule has 8 nitrogen and oxygen atoms in total. The number of carbonyl (C=O) groups excluding carboxylic acids is 2. The normalized spacial score (nSPS) is 20.5. The van der Waals surface area contributed by atoms with Crippen molar-refractivity contribution >= 4 is 11.7 Å². The average Bonchev–Trinajstić information content (AvgIpc) is 3.38. The molecule has 1 amide bonds. The first-order chi connectivity index (χ1) is 14.2. The van der Waals surface area contributed by atoms with Gasteiger partial charge in [-0.2, -0.15) is 0 Å². The third-order valence-electron chi connectivity index (χ3n) is 5.42. The van der Waals surface area contributed by atoms with Gasteiger partial charge in [-0.1, -0.05) is 6.07 Å². The van der Waals surface area contributed by atoms with Crippen molar-refractivity contribution in [2.45, 2.75) is 12.5 Å². The van der Waals surface area contributed by atoms with Gasteiger partial charge in [0.25, 0.3) is 5.91 Å². The molecular formula is C21H24N3O5+. The van der Waals surface area contributed by atoms with Crippen molar-refractivity contribution in [2.24, 2.45) is 0 Å². The molecule has 0 saturated carbocycles. The first kappa shape index (κ1) is 19.4. The van der Waals surface area contributed by atoms with E-state index >= 15 is 0 Å². The quantitative estimate of drug-likeness (QED) is 0.662. The second-order valence-corrected chi connectivity index (χ2v) is 7.22. The number of nitrogens with one attached hydrogen (secondary N) is 1. The summed E-state index contributed by atoms with van der Waals surface area (Å²) in [6, 6.07) is 5.99. The number of pyridine rings is 1. The van der Waals surface area contributed by atoms with Gasteiger partial charge in [0.2, 0.25) is 5.78 Å². The predicted molar refractivity (Wildman–Crippen MR) is 102 cm³/mol. The minimum absolute atomic E-state index is 0.0386. The summed E-state index contributed by atoms with van der Waals surface area (Å²) in [5.74, 6) is -1.45. The van der Waals surface area contributed by atoms with Crippen LogP contribution in [0.5, 0.6) is 0 Å². The lowest BCUT2D eigenvalue weighted by Crippen LogP contribution is -3.14. The number of rotatable bonds is 7. The molecule has 0 radical (unpaired) electrons. The van der Waals surface area contributed by atoms with E-state index in [1.165, 1.54) is 17.2 Å². The van der Waals surface area contributed by atoms with Crippen molar-refractivity contribution in [2.75, 3.05) is 39.4 Å². The van der Waals surface area contributed by atoms with Gasteiger partial charge in [0.15, 0.2) is 11.5 Å². The van der Waals surface area contributed by atoms with E-state index < -0.39 is 23.5 Å². The molecule has 2 aromatic rings. The highest BCUT2D eigenvalue weighted by Gasteiger charge is 2.44.